The van der Waals surface area contributed by atoms with Crippen LogP contribution in [0.1, 0.15) is 30.5 Å². The molecule has 4 nitrogen and oxygen atoms in total. The van der Waals surface area contributed by atoms with Gasteiger partial charge in [0, 0.05) is 0 Å². The Labute approximate surface area is 122 Å². The van der Waals surface area contributed by atoms with E-state index in [-0.39, 0.29) is 17.3 Å². The number of hydrogen-bond donors (Lipinski definition) is 0. The number of benzene rings is 1. The summed E-state index contributed by atoms with van der Waals surface area (Å²) in [7, 11) is -6.74. The Bertz CT molecular complexity index is 671. The van der Waals surface area contributed by atoms with Crippen molar-refractivity contribution in [2.45, 2.75) is 38.7 Å². The minimum Gasteiger partial charge on any atom is -0.229 e. The van der Waals surface area contributed by atoms with Crippen LogP contribution in [0.5, 0.6) is 0 Å². The maximum atomic E-state index is 12.1. The summed E-state index contributed by atoms with van der Waals surface area (Å²) in [6, 6.07) is 5.64. The Kier molecular flexibility index (Phi) is 5.38. The number of hydrogen-bond acceptors (Lipinski definition) is 4. The fraction of sp³-hybridized carbons (Fsp3) is 0.571. The molecule has 114 valence electrons. The van der Waals surface area contributed by atoms with Gasteiger partial charge in [0.05, 0.1) is 22.5 Å². The molecule has 0 spiro atoms. The highest BCUT2D eigenvalue weighted by Crippen LogP contribution is 2.15. The van der Waals surface area contributed by atoms with E-state index in [4.69, 9.17) is 0 Å². The van der Waals surface area contributed by atoms with Crippen molar-refractivity contribution >= 4 is 19.7 Å². The van der Waals surface area contributed by atoms with Gasteiger partial charge >= 0.3 is 0 Å². The molecule has 0 heterocycles. The van der Waals surface area contributed by atoms with E-state index < -0.39 is 24.9 Å². The molecule has 0 atom stereocenters. The first-order valence-electron chi connectivity index (χ1n) is 6.51. The van der Waals surface area contributed by atoms with Crippen molar-refractivity contribution in [2.75, 3.05) is 11.5 Å². The van der Waals surface area contributed by atoms with Gasteiger partial charge in [-0.05, 0) is 38.8 Å². The van der Waals surface area contributed by atoms with E-state index in [0.717, 1.165) is 16.7 Å². The molecule has 1 rings (SSSR count). The zero-order valence-corrected chi connectivity index (χ0v) is 14.0. The Hall–Kier alpha value is -0.880. The van der Waals surface area contributed by atoms with Crippen LogP contribution in [0, 0.1) is 13.8 Å². The first-order valence-corrected chi connectivity index (χ1v) is 10.1. The summed E-state index contributed by atoms with van der Waals surface area (Å²) in [5.41, 5.74) is 2.65. The maximum Gasteiger partial charge on any atom is 0.155 e. The molecule has 0 bridgehead atoms. The topological polar surface area (TPSA) is 68.3 Å². The molecule has 0 saturated carbocycles. The molecule has 0 radical (unpaired) electrons. The predicted octanol–water partition coefficient (Wildman–Crippen LogP) is 2.04. The highest BCUT2D eigenvalue weighted by atomic mass is 32.2. The lowest BCUT2D eigenvalue weighted by Gasteiger charge is -2.10. The molecular weight excluding hydrogens is 296 g/mol. The number of rotatable bonds is 6. The summed E-state index contributed by atoms with van der Waals surface area (Å²) in [6.45, 7) is 6.88. The van der Waals surface area contributed by atoms with Crippen molar-refractivity contribution in [3.05, 3.63) is 34.9 Å². The Morgan fingerprint density at radius 1 is 1.00 bits per heavy atom. The van der Waals surface area contributed by atoms with Crippen LogP contribution in [0.2, 0.25) is 0 Å². The van der Waals surface area contributed by atoms with Crippen LogP contribution < -0.4 is 0 Å². The van der Waals surface area contributed by atoms with Crippen LogP contribution in [0.15, 0.2) is 18.2 Å². The largest absolute Gasteiger partial charge is 0.229 e. The van der Waals surface area contributed by atoms with Crippen LogP contribution in [0.4, 0.5) is 0 Å². The van der Waals surface area contributed by atoms with E-state index in [1.807, 2.05) is 32.0 Å². The minimum atomic E-state index is -3.42. The summed E-state index contributed by atoms with van der Waals surface area (Å²) in [4.78, 5) is 0. The summed E-state index contributed by atoms with van der Waals surface area (Å²) >= 11 is 0. The third-order valence-corrected chi connectivity index (χ3v) is 7.32. The van der Waals surface area contributed by atoms with Crippen molar-refractivity contribution in [2.24, 2.45) is 0 Å². The van der Waals surface area contributed by atoms with Crippen molar-refractivity contribution in [1.82, 2.24) is 0 Å². The Balaban J connectivity index is 2.84. The van der Waals surface area contributed by atoms with Gasteiger partial charge in [0.15, 0.2) is 19.7 Å². The standard InChI is InChI=1S/C14H22O4S2/c1-11(2)20(17,18)8-7-19(15,16)10-14-9-12(3)5-6-13(14)4/h5-6,9,11H,7-8,10H2,1-4H3. The van der Waals surface area contributed by atoms with Crippen LogP contribution in [0.3, 0.4) is 0 Å². The van der Waals surface area contributed by atoms with Crippen LogP contribution in [-0.2, 0) is 25.4 Å². The van der Waals surface area contributed by atoms with Gasteiger partial charge in [0.1, 0.15) is 0 Å². The second kappa shape index (κ2) is 6.26. The quantitative estimate of drug-likeness (QED) is 0.805. The summed E-state index contributed by atoms with van der Waals surface area (Å²) in [5, 5.41) is -0.543. The van der Waals surface area contributed by atoms with Gasteiger partial charge in [-0.1, -0.05) is 23.8 Å². The molecule has 0 aliphatic heterocycles. The maximum absolute atomic E-state index is 12.1. The zero-order chi connectivity index (χ0) is 15.6. The highest BCUT2D eigenvalue weighted by Gasteiger charge is 2.21. The van der Waals surface area contributed by atoms with Gasteiger partial charge in [0.25, 0.3) is 0 Å². The van der Waals surface area contributed by atoms with E-state index in [9.17, 15) is 16.8 Å². The van der Waals surface area contributed by atoms with Crippen LogP contribution in [-0.4, -0.2) is 33.6 Å². The summed E-state index contributed by atoms with van der Waals surface area (Å²) in [5.74, 6) is -0.729. The van der Waals surface area contributed by atoms with E-state index in [2.05, 4.69) is 0 Å². The van der Waals surface area contributed by atoms with E-state index in [0.29, 0.717) is 0 Å². The third-order valence-electron chi connectivity index (χ3n) is 3.28. The fourth-order valence-electron chi connectivity index (χ4n) is 1.74. The van der Waals surface area contributed by atoms with Crippen LogP contribution in [0.25, 0.3) is 0 Å². The molecule has 6 heteroatoms. The zero-order valence-electron chi connectivity index (χ0n) is 12.4. The number of aryl methyl sites for hydroxylation is 2. The normalized spacial score (nSPS) is 12.8. The summed E-state index contributed by atoms with van der Waals surface area (Å²) in [6.07, 6.45) is 0. The van der Waals surface area contributed by atoms with Gasteiger partial charge < -0.3 is 0 Å². The molecule has 0 aliphatic carbocycles. The van der Waals surface area contributed by atoms with Gasteiger partial charge in [-0.25, -0.2) is 16.8 Å². The van der Waals surface area contributed by atoms with E-state index in [1.54, 1.807) is 13.8 Å². The molecule has 0 aromatic heterocycles. The average molecular weight is 318 g/mol. The lowest BCUT2D eigenvalue weighted by molar-refractivity contribution is 0.582. The monoisotopic (exact) mass is 318 g/mol. The first kappa shape index (κ1) is 17.2. The molecule has 20 heavy (non-hydrogen) atoms. The Morgan fingerprint density at radius 3 is 2.15 bits per heavy atom. The molecule has 0 unspecified atom stereocenters. The lowest BCUT2D eigenvalue weighted by atomic mass is 10.1. The van der Waals surface area contributed by atoms with Crippen molar-refractivity contribution in [3.63, 3.8) is 0 Å². The fourth-order valence-corrected chi connectivity index (χ4v) is 5.09. The van der Waals surface area contributed by atoms with Gasteiger partial charge in [-0.15, -0.1) is 0 Å². The van der Waals surface area contributed by atoms with Crippen LogP contribution >= 0.6 is 0 Å². The summed E-state index contributed by atoms with van der Waals surface area (Å²) < 4.78 is 47.5. The van der Waals surface area contributed by atoms with Crippen molar-refractivity contribution < 1.29 is 16.8 Å². The van der Waals surface area contributed by atoms with E-state index >= 15 is 0 Å². The molecule has 0 fully saturated rings. The average Bonchev–Trinajstić information content (AvgIpc) is 2.31. The van der Waals surface area contributed by atoms with Gasteiger partial charge in [-0.3, -0.25) is 0 Å². The molecule has 0 saturated heterocycles. The molecule has 0 N–H and O–H groups in total. The molecular formula is C14H22O4S2. The minimum absolute atomic E-state index is 0.103. The number of sulfone groups is 2. The van der Waals surface area contributed by atoms with Gasteiger partial charge in [0.2, 0.25) is 0 Å². The molecule has 0 amide bonds. The second-order valence-corrected chi connectivity index (χ2v) is 10.3. The molecule has 1 aromatic rings. The lowest BCUT2D eigenvalue weighted by Crippen LogP contribution is -2.24. The van der Waals surface area contributed by atoms with Crippen molar-refractivity contribution in [1.29, 1.82) is 0 Å². The first-order chi connectivity index (χ1) is 9.03. The molecule has 0 aliphatic rings. The van der Waals surface area contributed by atoms with E-state index in [1.165, 1.54) is 0 Å². The Morgan fingerprint density at radius 2 is 1.60 bits per heavy atom. The third kappa shape index (κ3) is 4.90. The SMILES string of the molecule is Cc1ccc(C)c(CS(=O)(=O)CCS(=O)(=O)C(C)C)c1. The molecule has 1 aromatic carbocycles. The van der Waals surface area contributed by atoms with Crippen molar-refractivity contribution in [3.8, 4) is 0 Å². The van der Waals surface area contributed by atoms with Gasteiger partial charge in [-0.2, -0.15) is 0 Å². The second-order valence-electron chi connectivity index (χ2n) is 5.44. The highest BCUT2D eigenvalue weighted by molar-refractivity contribution is 7.95. The predicted molar refractivity (Wildman–Crippen MR) is 82.3 cm³/mol. The smallest absolute Gasteiger partial charge is 0.155 e.